The van der Waals surface area contributed by atoms with Gasteiger partial charge in [-0.3, -0.25) is 9.59 Å². The number of hydrogen-bond donors (Lipinski definition) is 4. The fourth-order valence-electron chi connectivity index (χ4n) is 5.27. The fourth-order valence-corrected chi connectivity index (χ4v) is 5.47. The molecule has 0 bridgehead atoms. The molecule has 1 aliphatic heterocycles. The lowest BCUT2D eigenvalue weighted by Gasteiger charge is -2.26. The Kier molecular flexibility index (Phi) is 8.39. The highest BCUT2D eigenvalue weighted by Gasteiger charge is 2.35. The number of fused-ring (bicyclic) bond motifs is 1. The van der Waals surface area contributed by atoms with Gasteiger partial charge in [-0.1, -0.05) is 23.7 Å². The van der Waals surface area contributed by atoms with Gasteiger partial charge in [-0.25, -0.2) is 14.4 Å². The first-order valence-corrected chi connectivity index (χ1v) is 13.7. The molecule has 1 saturated carbocycles. The molecule has 2 aliphatic rings. The van der Waals surface area contributed by atoms with Crippen LogP contribution in [0.4, 0.5) is 10.3 Å². The minimum atomic E-state index is -0.892. The molecule has 4 N–H and O–H groups in total. The Labute approximate surface area is 241 Å². The van der Waals surface area contributed by atoms with Crippen LogP contribution >= 0.6 is 11.6 Å². The first-order chi connectivity index (χ1) is 19.7. The molecule has 4 atom stereocenters. The minimum Gasteiger partial charge on any atom is -0.497 e. The lowest BCUT2D eigenvalue weighted by atomic mass is 10.0. The van der Waals surface area contributed by atoms with Crippen LogP contribution in [-0.4, -0.2) is 68.8 Å². The third kappa shape index (κ3) is 6.12. The van der Waals surface area contributed by atoms with Crippen molar-refractivity contribution in [2.24, 2.45) is 0 Å². The Morgan fingerprint density at radius 3 is 2.78 bits per heavy atom. The van der Waals surface area contributed by atoms with Crippen molar-refractivity contribution in [2.75, 3.05) is 19.0 Å². The maximum atomic E-state index is 14.0. The van der Waals surface area contributed by atoms with Crippen molar-refractivity contribution < 1.29 is 28.9 Å². The topological polar surface area (TPSA) is 137 Å². The van der Waals surface area contributed by atoms with Crippen LogP contribution in [0.25, 0.3) is 11.3 Å². The standard InChI is InChI=1S/C29H31ClFN5O5/c1-15(27(39)34-25(14-37)18-7-19(31)10-22(8-18)41-2)36-13-17-4-3-16(9-23(17)28(36)40)26-24(30)12-32-29(35-26)33-20-5-6-21(38)11-20/h3-4,7-10,12,15,20-21,25,37-38H,5-6,11,13-14H2,1-2H3,(H,34,39)(H,32,33,35)/t15?,20-,21-,25?/m0/s1. The number of benzene rings is 2. The molecule has 1 aliphatic carbocycles. The molecule has 1 fully saturated rings. The molecule has 2 amide bonds. The Morgan fingerprint density at radius 2 is 2.07 bits per heavy atom. The average Bonchev–Trinajstić information content (AvgIpc) is 3.53. The smallest absolute Gasteiger partial charge is 0.255 e. The third-order valence-corrected chi connectivity index (χ3v) is 7.85. The fraction of sp³-hybridized carbons (Fsp3) is 0.379. The van der Waals surface area contributed by atoms with Gasteiger partial charge in [0.25, 0.3) is 5.91 Å². The van der Waals surface area contributed by atoms with Gasteiger partial charge in [0.2, 0.25) is 11.9 Å². The second-order valence-electron chi connectivity index (χ2n) is 10.3. The van der Waals surface area contributed by atoms with Gasteiger partial charge >= 0.3 is 0 Å². The van der Waals surface area contributed by atoms with E-state index in [1.165, 1.54) is 36.4 Å². The Hall–Kier alpha value is -3.80. The van der Waals surface area contributed by atoms with Crippen molar-refractivity contribution >= 4 is 29.4 Å². The Bertz CT molecular complexity index is 1470. The van der Waals surface area contributed by atoms with Crippen LogP contribution < -0.4 is 15.4 Å². The highest BCUT2D eigenvalue weighted by Crippen LogP contribution is 2.33. The number of aliphatic hydroxyl groups excluding tert-OH is 2. The number of ether oxygens (including phenoxy) is 1. The van der Waals surface area contributed by atoms with Gasteiger partial charge in [-0.15, -0.1) is 0 Å². The summed E-state index contributed by atoms with van der Waals surface area (Å²) < 4.78 is 19.1. The zero-order chi connectivity index (χ0) is 29.3. The zero-order valence-electron chi connectivity index (χ0n) is 22.6. The van der Waals surface area contributed by atoms with Crippen molar-refractivity contribution in [3.63, 3.8) is 0 Å². The molecular formula is C29H31ClFN5O5. The van der Waals surface area contributed by atoms with E-state index in [9.17, 15) is 24.2 Å². The summed E-state index contributed by atoms with van der Waals surface area (Å²) in [6.07, 6.45) is 3.31. The number of rotatable bonds is 9. The van der Waals surface area contributed by atoms with Crippen molar-refractivity contribution in [2.45, 2.75) is 57.0 Å². The predicted octanol–water partition coefficient (Wildman–Crippen LogP) is 3.46. The van der Waals surface area contributed by atoms with Crippen LogP contribution in [-0.2, 0) is 11.3 Å². The van der Waals surface area contributed by atoms with Crippen LogP contribution in [0.3, 0.4) is 0 Å². The normalized spacial score (nSPS) is 19.6. The summed E-state index contributed by atoms with van der Waals surface area (Å²) in [4.78, 5) is 36.8. The summed E-state index contributed by atoms with van der Waals surface area (Å²) in [6.45, 7) is 1.34. The second kappa shape index (κ2) is 12.0. The number of carbonyl (C=O) groups excluding carboxylic acids is 2. The van der Waals surface area contributed by atoms with Gasteiger partial charge in [-0.2, -0.15) is 0 Å². The number of nitrogens with one attached hydrogen (secondary N) is 2. The van der Waals surface area contributed by atoms with Gasteiger partial charge < -0.3 is 30.5 Å². The highest BCUT2D eigenvalue weighted by molar-refractivity contribution is 6.33. The van der Waals surface area contributed by atoms with Crippen molar-refractivity contribution in [3.8, 4) is 17.0 Å². The summed E-state index contributed by atoms with van der Waals surface area (Å²) in [5, 5.41) is 26.0. The molecular weight excluding hydrogens is 553 g/mol. The molecule has 216 valence electrons. The van der Waals surface area contributed by atoms with E-state index in [2.05, 4.69) is 20.6 Å². The quantitative estimate of drug-likeness (QED) is 0.301. The third-order valence-electron chi connectivity index (χ3n) is 7.58. The van der Waals surface area contributed by atoms with Crippen LogP contribution in [0.15, 0.2) is 42.6 Å². The molecule has 0 radical (unpaired) electrons. The molecule has 1 aromatic heterocycles. The number of methoxy groups -OCH3 is 1. The largest absolute Gasteiger partial charge is 0.497 e. The summed E-state index contributed by atoms with van der Waals surface area (Å²) in [6, 6.07) is 7.57. The van der Waals surface area contributed by atoms with Crippen molar-refractivity contribution in [1.82, 2.24) is 20.2 Å². The van der Waals surface area contributed by atoms with Crippen LogP contribution in [0.1, 0.15) is 53.7 Å². The molecule has 41 heavy (non-hydrogen) atoms. The van der Waals surface area contributed by atoms with E-state index < -0.39 is 30.4 Å². The maximum Gasteiger partial charge on any atom is 0.255 e. The number of amides is 2. The number of carbonyl (C=O) groups is 2. The molecule has 0 spiro atoms. The molecule has 2 unspecified atom stereocenters. The molecule has 10 nitrogen and oxygen atoms in total. The Morgan fingerprint density at radius 1 is 1.27 bits per heavy atom. The molecule has 0 saturated heterocycles. The number of anilines is 1. The van der Waals surface area contributed by atoms with Crippen molar-refractivity contribution in [1.29, 1.82) is 0 Å². The number of hydrogen-bond acceptors (Lipinski definition) is 8. The SMILES string of the molecule is COc1cc(F)cc(C(CO)NC(=O)C(C)N2Cc3ccc(-c4nc(N[C@H]5CC[C@H](O)C5)ncc4Cl)cc3C2=O)c1. The molecule has 2 heterocycles. The number of aliphatic hydroxyl groups is 2. The zero-order valence-corrected chi connectivity index (χ0v) is 23.4. The van der Waals surface area contributed by atoms with Gasteiger partial charge in [0.15, 0.2) is 0 Å². The van der Waals surface area contributed by atoms with E-state index in [0.29, 0.717) is 39.8 Å². The van der Waals surface area contributed by atoms with E-state index >= 15 is 0 Å². The molecule has 3 aromatic rings. The highest BCUT2D eigenvalue weighted by atomic mass is 35.5. The number of nitrogens with zero attached hydrogens (tertiary/aromatic N) is 3. The lowest BCUT2D eigenvalue weighted by Crippen LogP contribution is -2.46. The first kappa shape index (κ1) is 28.7. The van der Waals surface area contributed by atoms with Crippen molar-refractivity contribution in [3.05, 3.63) is 70.1 Å². The van der Waals surface area contributed by atoms with Gasteiger partial charge in [0.1, 0.15) is 17.6 Å². The lowest BCUT2D eigenvalue weighted by molar-refractivity contribution is -0.126. The minimum absolute atomic E-state index is 0.0650. The molecule has 5 rings (SSSR count). The molecule has 12 heteroatoms. The number of halogens is 2. The van der Waals surface area contributed by atoms with E-state index in [-0.39, 0.29) is 30.3 Å². The number of aromatic nitrogens is 2. The predicted molar refractivity (Wildman–Crippen MR) is 150 cm³/mol. The van der Waals surface area contributed by atoms with Crippen LogP contribution in [0.5, 0.6) is 5.75 Å². The summed E-state index contributed by atoms with van der Waals surface area (Å²) in [7, 11) is 1.40. The van der Waals surface area contributed by atoms with Gasteiger partial charge in [-0.05, 0) is 55.5 Å². The van der Waals surface area contributed by atoms with E-state index in [0.717, 1.165) is 18.4 Å². The van der Waals surface area contributed by atoms with Crippen LogP contribution in [0, 0.1) is 5.82 Å². The van der Waals surface area contributed by atoms with E-state index in [4.69, 9.17) is 16.3 Å². The summed E-state index contributed by atoms with van der Waals surface area (Å²) in [5.41, 5.74) is 2.59. The van der Waals surface area contributed by atoms with E-state index in [1.54, 1.807) is 13.0 Å². The Balaban J connectivity index is 1.31. The average molecular weight is 584 g/mol. The van der Waals surface area contributed by atoms with Gasteiger partial charge in [0, 0.05) is 29.8 Å². The summed E-state index contributed by atoms with van der Waals surface area (Å²) in [5.74, 6) is -0.756. The summed E-state index contributed by atoms with van der Waals surface area (Å²) >= 11 is 6.43. The molecule has 2 aromatic carbocycles. The van der Waals surface area contributed by atoms with E-state index in [1.807, 2.05) is 12.1 Å². The van der Waals surface area contributed by atoms with Gasteiger partial charge in [0.05, 0.1) is 42.8 Å². The monoisotopic (exact) mass is 583 g/mol. The second-order valence-corrected chi connectivity index (χ2v) is 10.8. The van der Waals surface area contributed by atoms with Crippen LogP contribution in [0.2, 0.25) is 5.02 Å². The maximum absolute atomic E-state index is 14.0. The first-order valence-electron chi connectivity index (χ1n) is 13.3.